The van der Waals surface area contributed by atoms with Crippen LogP contribution >= 0.6 is 0 Å². The van der Waals surface area contributed by atoms with E-state index in [1.165, 1.54) is 5.56 Å². The fraction of sp³-hybridized carbons (Fsp3) is 0.619. The van der Waals surface area contributed by atoms with Gasteiger partial charge in [-0.15, -0.1) is 0 Å². The highest BCUT2D eigenvalue weighted by molar-refractivity contribution is 5.81. The van der Waals surface area contributed by atoms with Gasteiger partial charge in [0.05, 0.1) is 14.2 Å². The maximum Gasteiger partial charge on any atom is 0.223 e. The van der Waals surface area contributed by atoms with E-state index >= 15 is 0 Å². The Morgan fingerprint density at radius 1 is 1.10 bits per heavy atom. The lowest BCUT2D eigenvalue weighted by atomic mass is 10.2. The Morgan fingerprint density at radius 3 is 2.41 bits per heavy atom. The summed E-state index contributed by atoms with van der Waals surface area (Å²) in [5.41, 5.74) is 1.18. The van der Waals surface area contributed by atoms with Crippen molar-refractivity contribution in [3.05, 3.63) is 23.8 Å². The van der Waals surface area contributed by atoms with Gasteiger partial charge in [-0.2, -0.15) is 0 Å². The lowest BCUT2D eigenvalue weighted by Gasteiger charge is -2.19. The minimum Gasteiger partial charge on any atom is -0.497 e. The molecule has 160 valence electrons. The van der Waals surface area contributed by atoms with E-state index in [1.54, 1.807) is 21.3 Å². The van der Waals surface area contributed by atoms with Crippen molar-refractivity contribution in [2.24, 2.45) is 10.9 Å². The highest BCUT2D eigenvalue weighted by Crippen LogP contribution is 2.28. The molecular formula is C21H33N5O3. The second-order valence-electron chi connectivity index (χ2n) is 7.65. The third kappa shape index (κ3) is 6.52. The molecule has 1 atom stereocenters. The molecule has 1 aliphatic carbocycles. The van der Waals surface area contributed by atoms with Crippen molar-refractivity contribution in [3.8, 4) is 11.5 Å². The van der Waals surface area contributed by atoms with Crippen LogP contribution in [0.2, 0.25) is 0 Å². The van der Waals surface area contributed by atoms with E-state index in [0.29, 0.717) is 19.1 Å². The summed E-state index contributed by atoms with van der Waals surface area (Å²) in [5.74, 6) is 2.83. The number of amides is 1. The van der Waals surface area contributed by atoms with Crippen LogP contribution in [0, 0.1) is 5.92 Å². The van der Waals surface area contributed by atoms with Gasteiger partial charge in [0.1, 0.15) is 11.5 Å². The summed E-state index contributed by atoms with van der Waals surface area (Å²) in [6.07, 6.45) is 3.12. The first kappa shape index (κ1) is 21.2. The third-order valence-electron chi connectivity index (χ3n) is 5.32. The Balaban J connectivity index is 1.40. The number of benzene rings is 1. The Bertz CT molecular complexity index is 698. The molecule has 0 radical (unpaired) electrons. The molecule has 1 aromatic carbocycles. The van der Waals surface area contributed by atoms with Crippen LogP contribution in [0.1, 0.15) is 24.8 Å². The van der Waals surface area contributed by atoms with Crippen molar-refractivity contribution < 1.29 is 14.3 Å². The van der Waals surface area contributed by atoms with Gasteiger partial charge in [0.15, 0.2) is 5.96 Å². The number of methoxy groups -OCH3 is 2. The summed E-state index contributed by atoms with van der Waals surface area (Å²) in [7, 11) is 5.11. The predicted octanol–water partition coefficient (Wildman–Crippen LogP) is 0.969. The van der Waals surface area contributed by atoms with Crippen molar-refractivity contribution in [3.63, 3.8) is 0 Å². The summed E-state index contributed by atoms with van der Waals surface area (Å²) < 4.78 is 10.7. The minimum absolute atomic E-state index is 0.176. The van der Waals surface area contributed by atoms with Crippen molar-refractivity contribution in [2.75, 3.05) is 47.4 Å². The molecule has 1 saturated carbocycles. The van der Waals surface area contributed by atoms with Crippen LogP contribution in [0.5, 0.6) is 11.5 Å². The third-order valence-corrected chi connectivity index (χ3v) is 5.32. The predicted molar refractivity (Wildman–Crippen MR) is 113 cm³/mol. The standard InChI is InChI=1S/C21H33N5O3/c1-22-21(24-8-7-23-20(27)16-4-5-16)25-17-6-9-26(14-17)13-15-10-18(28-2)12-19(11-15)29-3/h10-12,16-17H,4-9,13-14H2,1-3H3,(H,23,27)(H2,22,24,25). The van der Waals surface area contributed by atoms with Crippen LogP contribution in [-0.4, -0.2) is 70.3 Å². The molecular weight excluding hydrogens is 370 g/mol. The number of ether oxygens (including phenoxy) is 2. The lowest BCUT2D eigenvalue weighted by Crippen LogP contribution is -2.46. The second kappa shape index (κ2) is 10.3. The molecule has 1 aromatic rings. The van der Waals surface area contributed by atoms with E-state index < -0.39 is 0 Å². The van der Waals surface area contributed by atoms with Crippen molar-refractivity contribution in [1.29, 1.82) is 0 Å². The zero-order chi connectivity index (χ0) is 20.6. The van der Waals surface area contributed by atoms with Crippen LogP contribution in [0.25, 0.3) is 0 Å². The van der Waals surface area contributed by atoms with E-state index in [4.69, 9.17) is 9.47 Å². The van der Waals surface area contributed by atoms with Gasteiger partial charge in [-0.3, -0.25) is 14.7 Å². The molecule has 2 aliphatic rings. The van der Waals surface area contributed by atoms with Crippen molar-refractivity contribution in [1.82, 2.24) is 20.9 Å². The van der Waals surface area contributed by atoms with Gasteiger partial charge in [0, 0.05) is 57.8 Å². The SMILES string of the molecule is CN=C(NCCNC(=O)C1CC1)NC1CCN(Cc2cc(OC)cc(OC)c2)C1. The van der Waals surface area contributed by atoms with Crippen LogP contribution in [0.4, 0.5) is 0 Å². The number of hydrogen-bond acceptors (Lipinski definition) is 5. The van der Waals surface area contributed by atoms with E-state index in [2.05, 4.69) is 38.0 Å². The number of likely N-dealkylation sites (tertiary alicyclic amines) is 1. The molecule has 1 unspecified atom stereocenters. The average Bonchev–Trinajstić information content (AvgIpc) is 3.50. The summed E-state index contributed by atoms with van der Waals surface area (Å²) >= 11 is 0. The first-order valence-corrected chi connectivity index (χ1v) is 10.3. The highest BCUT2D eigenvalue weighted by Gasteiger charge is 2.29. The number of nitrogens with one attached hydrogen (secondary N) is 3. The summed E-state index contributed by atoms with van der Waals surface area (Å²) in [6.45, 7) is 4.10. The lowest BCUT2D eigenvalue weighted by molar-refractivity contribution is -0.122. The number of nitrogens with zero attached hydrogens (tertiary/aromatic N) is 2. The molecule has 2 fully saturated rings. The largest absolute Gasteiger partial charge is 0.497 e. The van der Waals surface area contributed by atoms with Crippen LogP contribution < -0.4 is 25.4 Å². The first-order valence-electron chi connectivity index (χ1n) is 10.3. The van der Waals surface area contributed by atoms with Crippen molar-refractivity contribution in [2.45, 2.75) is 31.8 Å². The van der Waals surface area contributed by atoms with Gasteiger partial charge >= 0.3 is 0 Å². The molecule has 0 bridgehead atoms. The maximum atomic E-state index is 11.7. The zero-order valence-electron chi connectivity index (χ0n) is 17.7. The van der Waals surface area contributed by atoms with E-state index in [1.807, 2.05) is 6.07 Å². The molecule has 1 aliphatic heterocycles. The highest BCUT2D eigenvalue weighted by atomic mass is 16.5. The molecule has 1 saturated heterocycles. The second-order valence-corrected chi connectivity index (χ2v) is 7.65. The Hall–Kier alpha value is -2.48. The Morgan fingerprint density at radius 2 is 1.79 bits per heavy atom. The van der Waals surface area contributed by atoms with Gasteiger partial charge in [-0.1, -0.05) is 0 Å². The summed E-state index contributed by atoms with van der Waals surface area (Å²) in [6, 6.07) is 6.34. The molecule has 29 heavy (non-hydrogen) atoms. The molecule has 8 heteroatoms. The molecule has 3 rings (SSSR count). The molecule has 1 heterocycles. The van der Waals surface area contributed by atoms with Gasteiger partial charge in [-0.25, -0.2) is 0 Å². The Kier molecular flexibility index (Phi) is 7.57. The van der Waals surface area contributed by atoms with Gasteiger partial charge in [0.25, 0.3) is 0 Å². The van der Waals surface area contributed by atoms with E-state index in [9.17, 15) is 4.79 Å². The first-order chi connectivity index (χ1) is 14.1. The monoisotopic (exact) mass is 403 g/mol. The van der Waals surface area contributed by atoms with Crippen LogP contribution in [0.15, 0.2) is 23.2 Å². The normalized spacial score (nSPS) is 19.7. The maximum absolute atomic E-state index is 11.7. The Labute approximate surface area is 173 Å². The smallest absolute Gasteiger partial charge is 0.223 e. The quantitative estimate of drug-likeness (QED) is 0.324. The number of carbonyl (C=O) groups is 1. The van der Waals surface area contributed by atoms with Gasteiger partial charge in [0.2, 0.25) is 5.91 Å². The summed E-state index contributed by atoms with van der Waals surface area (Å²) in [4.78, 5) is 18.4. The van der Waals surface area contributed by atoms with E-state index in [-0.39, 0.29) is 11.8 Å². The number of carbonyl (C=O) groups excluding carboxylic acids is 1. The van der Waals surface area contributed by atoms with E-state index in [0.717, 1.165) is 56.4 Å². The fourth-order valence-corrected chi connectivity index (χ4v) is 3.55. The topological polar surface area (TPSA) is 87.2 Å². The number of hydrogen-bond donors (Lipinski definition) is 3. The number of aliphatic imine (C=N–C) groups is 1. The zero-order valence-corrected chi connectivity index (χ0v) is 17.7. The molecule has 3 N–H and O–H groups in total. The van der Waals surface area contributed by atoms with Crippen LogP contribution in [0.3, 0.4) is 0 Å². The molecule has 8 nitrogen and oxygen atoms in total. The van der Waals surface area contributed by atoms with Crippen molar-refractivity contribution >= 4 is 11.9 Å². The average molecular weight is 404 g/mol. The number of rotatable bonds is 9. The fourth-order valence-electron chi connectivity index (χ4n) is 3.55. The van der Waals surface area contributed by atoms with Crippen LogP contribution in [-0.2, 0) is 11.3 Å². The summed E-state index contributed by atoms with van der Waals surface area (Å²) in [5, 5.41) is 9.72. The van der Waals surface area contributed by atoms with Gasteiger partial charge < -0.3 is 25.4 Å². The minimum atomic E-state index is 0.176. The number of guanidine groups is 1. The van der Waals surface area contributed by atoms with Gasteiger partial charge in [-0.05, 0) is 37.0 Å². The molecule has 0 spiro atoms. The molecule has 1 amide bonds. The molecule has 0 aromatic heterocycles.